The van der Waals surface area contributed by atoms with E-state index in [2.05, 4.69) is 9.97 Å². The predicted molar refractivity (Wildman–Crippen MR) is 74.5 cm³/mol. The van der Waals surface area contributed by atoms with Gasteiger partial charge in [0.15, 0.2) is 0 Å². The Morgan fingerprint density at radius 3 is 2.43 bits per heavy atom. The minimum Gasteiger partial charge on any atom is -0.550 e. The summed E-state index contributed by atoms with van der Waals surface area (Å²) in [5, 5.41) is 11.4. The number of alkyl halides is 3. The van der Waals surface area contributed by atoms with Crippen LogP contribution in [0.25, 0.3) is 10.9 Å². The number of anilines is 1. The molecule has 2 heterocycles. The van der Waals surface area contributed by atoms with E-state index in [1.54, 1.807) is 23.1 Å². The fourth-order valence-electron chi connectivity index (χ4n) is 2.75. The first kappa shape index (κ1) is 15.5. The summed E-state index contributed by atoms with van der Waals surface area (Å²) in [7, 11) is 0. The van der Waals surface area contributed by atoms with Crippen molar-refractivity contribution in [3.8, 4) is 0 Å². The SMILES string of the molecule is O=C([O-])C1CCN(c2nc(C(F)(F)F)nc3ccccc23)CC1. The minimum atomic E-state index is -4.64. The van der Waals surface area contributed by atoms with E-state index in [1.807, 2.05) is 0 Å². The Bertz CT molecular complexity index is 740. The molecule has 0 bridgehead atoms. The van der Waals surface area contributed by atoms with Crippen LogP contribution in [0.1, 0.15) is 18.7 Å². The van der Waals surface area contributed by atoms with Crippen molar-refractivity contribution < 1.29 is 23.1 Å². The number of benzene rings is 1. The van der Waals surface area contributed by atoms with Crippen molar-refractivity contribution in [1.82, 2.24) is 9.97 Å². The highest BCUT2D eigenvalue weighted by Gasteiger charge is 2.36. The van der Waals surface area contributed by atoms with Crippen LogP contribution < -0.4 is 10.0 Å². The Kier molecular flexibility index (Phi) is 3.83. The van der Waals surface area contributed by atoms with Gasteiger partial charge in [-0.1, -0.05) is 12.1 Å². The summed E-state index contributed by atoms with van der Waals surface area (Å²) >= 11 is 0. The molecular weight excluding hydrogens is 311 g/mol. The minimum absolute atomic E-state index is 0.194. The van der Waals surface area contributed by atoms with Crippen molar-refractivity contribution in [3.63, 3.8) is 0 Å². The van der Waals surface area contributed by atoms with Gasteiger partial charge in [-0.15, -0.1) is 0 Å². The van der Waals surface area contributed by atoms with E-state index in [1.165, 1.54) is 6.07 Å². The number of fused-ring (bicyclic) bond motifs is 1. The average molecular weight is 324 g/mol. The van der Waals surface area contributed by atoms with Crippen LogP contribution in [0, 0.1) is 5.92 Å². The number of carboxylic acids is 1. The number of nitrogens with zero attached hydrogens (tertiary/aromatic N) is 3. The molecule has 0 aliphatic carbocycles. The number of hydrogen-bond donors (Lipinski definition) is 0. The second kappa shape index (κ2) is 5.68. The van der Waals surface area contributed by atoms with E-state index >= 15 is 0 Å². The molecule has 1 fully saturated rings. The summed E-state index contributed by atoms with van der Waals surface area (Å²) in [5.74, 6) is -2.68. The molecule has 0 atom stereocenters. The van der Waals surface area contributed by atoms with Gasteiger partial charge in [0.1, 0.15) is 5.82 Å². The molecule has 0 unspecified atom stereocenters. The number of rotatable bonds is 2. The Labute approximate surface area is 129 Å². The number of carbonyl (C=O) groups is 1. The van der Waals surface area contributed by atoms with Crippen molar-refractivity contribution in [2.24, 2.45) is 5.92 Å². The zero-order chi connectivity index (χ0) is 16.6. The molecule has 2 aromatic rings. The molecule has 0 radical (unpaired) electrons. The van der Waals surface area contributed by atoms with Gasteiger partial charge in [-0.2, -0.15) is 13.2 Å². The maximum Gasteiger partial charge on any atom is 0.451 e. The van der Waals surface area contributed by atoms with Gasteiger partial charge >= 0.3 is 6.18 Å². The maximum atomic E-state index is 13.0. The van der Waals surface area contributed by atoms with Crippen molar-refractivity contribution in [2.75, 3.05) is 18.0 Å². The highest BCUT2D eigenvalue weighted by atomic mass is 19.4. The topological polar surface area (TPSA) is 69.2 Å². The Morgan fingerprint density at radius 1 is 1.17 bits per heavy atom. The first-order chi connectivity index (χ1) is 10.9. The summed E-state index contributed by atoms with van der Waals surface area (Å²) in [5.41, 5.74) is 0.215. The van der Waals surface area contributed by atoms with Crippen LogP contribution in [0.5, 0.6) is 0 Å². The Balaban J connectivity index is 2.01. The molecule has 0 spiro atoms. The van der Waals surface area contributed by atoms with Crippen molar-refractivity contribution in [1.29, 1.82) is 0 Å². The summed E-state index contributed by atoms with van der Waals surface area (Å²) in [6.45, 7) is 0.633. The zero-order valence-electron chi connectivity index (χ0n) is 12.0. The van der Waals surface area contributed by atoms with Crippen LogP contribution >= 0.6 is 0 Å². The van der Waals surface area contributed by atoms with Gasteiger partial charge < -0.3 is 14.8 Å². The van der Waals surface area contributed by atoms with Crippen LogP contribution in [0.2, 0.25) is 0 Å². The molecule has 23 heavy (non-hydrogen) atoms. The number of para-hydroxylation sites is 1. The molecule has 1 aromatic heterocycles. The van der Waals surface area contributed by atoms with Gasteiger partial charge in [-0.3, -0.25) is 0 Å². The zero-order valence-corrected chi connectivity index (χ0v) is 12.0. The standard InChI is InChI=1S/C15H14F3N3O2/c16-15(17,18)14-19-11-4-2-1-3-10(11)12(20-14)21-7-5-9(6-8-21)13(22)23/h1-4,9H,5-8H2,(H,22,23)/p-1. The van der Waals surface area contributed by atoms with Crippen molar-refractivity contribution >= 4 is 22.7 Å². The second-order valence-electron chi connectivity index (χ2n) is 5.47. The molecule has 8 heteroatoms. The molecule has 1 aliphatic rings. The highest BCUT2D eigenvalue weighted by Crippen LogP contribution is 2.33. The molecule has 0 saturated carbocycles. The fourth-order valence-corrected chi connectivity index (χ4v) is 2.75. The third-order valence-corrected chi connectivity index (χ3v) is 3.96. The van der Waals surface area contributed by atoms with E-state index in [0.29, 0.717) is 31.3 Å². The first-order valence-electron chi connectivity index (χ1n) is 7.16. The number of aliphatic carboxylic acids is 1. The van der Waals surface area contributed by atoms with Crippen molar-refractivity contribution in [2.45, 2.75) is 19.0 Å². The van der Waals surface area contributed by atoms with E-state index < -0.39 is 23.9 Å². The molecule has 5 nitrogen and oxygen atoms in total. The summed E-state index contributed by atoms with van der Waals surface area (Å²) in [6.07, 6.45) is -3.99. The molecule has 1 saturated heterocycles. The monoisotopic (exact) mass is 324 g/mol. The largest absolute Gasteiger partial charge is 0.550 e. The van der Waals surface area contributed by atoms with E-state index in [0.717, 1.165) is 0 Å². The van der Waals surface area contributed by atoms with Crippen LogP contribution in [-0.4, -0.2) is 29.0 Å². The lowest BCUT2D eigenvalue weighted by molar-refractivity contribution is -0.312. The van der Waals surface area contributed by atoms with E-state index in [4.69, 9.17) is 0 Å². The average Bonchev–Trinajstić information content (AvgIpc) is 2.53. The van der Waals surface area contributed by atoms with Gasteiger partial charge in [-0.25, -0.2) is 9.97 Å². The highest BCUT2D eigenvalue weighted by molar-refractivity contribution is 5.89. The third kappa shape index (κ3) is 3.06. The molecule has 0 N–H and O–H groups in total. The predicted octanol–water partition coefficient (Wildman–Crippen LogP) is 1.61. The summed E-state index contributed by atoms with van der Waals surface area (Å²) in [6, 6.07) is 6.48. The Morgan fingerprint density at radius 2 is 1.83 bits per heavy atom. The lowest BCUT2D eigenvalue weighted by Crippen LogP contribution is -2.41. The quantitative estimate of drug-likeness (QED) is 0.839. The molecular formula is C15H13F3N3O2-. The first-order valence-corrected chi connectivity index (χ1v) is 7.16. The fraction of sp³-hybridized carbons (Fsp3) is 0.400. The molecule has 122 valence electrons. The van der Waals surface area contributed by atoms with Crippen LogP contribution in [0.4, 0.5) is 19.0 Å². The number of carboxylic acid groups (broad SMARTS) is 1. The molecule has 3 rings (SSSR count). The van der Waals surface area contributed by atoms with E-state index in [9.17, 15) is 23.1 Å². The van der Waals surface area contributed by atoms with Gasteiger partial charge in [0.25, 0.3) is 0 Å². The third-order valence-electron chi connectivity index (χ3n) is 3.96. The smallest absolute Gasteiger partial charge is 0.451 e. The number of carbonyl (C=O) groups excluding carboxylic acids is 1. The number of aromatic nitrogens is 2. The molecule has 1 aromatic carbocycles. The molecule has 0 amide bonds. The normalized spacial score (nSPS) is 16.7. The van der Waals surface area contributed by atoms with Crippen LogP contribution in [-0.2, 0) is 11.0 Å². The lowest BCUT2D eigenvalue weighted by atomic mass is 9.97. The maximum absolute atomic E-state index is 13.0. The second-order valence-corrected chi connectivity index (χ2v) is 5.47. The van der Waals surface area contributed by atoms with Crippen LogP contribution in [0.15, 0.2) is 24.3 Å². The summed E-state index contributed by atoms with van der Waals surface area (Å²) in [4.78, 5) is 19.8. The lowest BCUT2D eigenvalue weighted by Gasteiger charge is -2.33. The summed E-state index contributed by atoms with van der Waals surface area (Å²) < 4.78 is 39.0. The van der Waals surface area contributed by atoms with E-state index in [-0.39, 0.29) is 11.3 Å². The van der Waals surface area contributed by atoms with Crippen LogP contribution in [0.3, 0.4) is 0 Å². The van der Waals surface area contributed by atoms with Crippen molar-refractivity contribution in [3.05, 3.63) is 30.1 Å². The van der Waals surface area contributed by atoms with Gasteiger partial charge in [0.2, 0.25) is 5.82 Å². The van der Waals surface area contributed by atoms with Gasteiger partial charge in [-0.05, 0) is 25.0 Å². The Hall–Kier alpha value is -2.38. The molecule has 1 aliphatic heterocycles. The number of piperidine rings is 1. The van der Waals surface area contributed by atoms with Gasteiger partial charge in [0, 0.05) is 30.4 Å². The number of hydrogen-bond acceptors (Lipinski definition) is 5. The number of halogens is 3. The van der Waals surface area contributed by atoms with Gasteiger partial charge in [0.05, 0.1) is 5.52 Å².